The number of anilines is 1. The predicted molar refractivity (Wildman–Crippen MR) is 63.7 cm³/mol. The molecule has 0 aliphatic carbocycles. The predicted octanol–water partition coefficient (Wildman–Crippen LogP) is 1.45. The Kier molecular flexibility index (Phi) is 3.29. The van der Waals surface area contributed by atoms with Gasteiger partial charge in [-0.15, -0.1) is 0 Å². The van der Waals surface area contributed by atoms with Crippen molar-refractivity contribution in [3.63, 3.8) is 0 Å². The molecule has 16 heavy (non-hydrogen) atoms. The van der Waals surface area contributed by atoms with Gasteiger partial charge in [0.2, 0.25) is 5.91 Å². The Balaban J connectivity index is 2.00. The van der Waals surface area contributed by atoms with E-state index < -0.39 is 0 Å². The van der Waals surface area contributed by atoms with Crippen LogP contribution in [0.2, 0.25) is 5.15 Å². The van der Waals surface area contributed by atoms with Gasteiger partial charge in [0.1, 0.15) is 11.0 Å². The third kappa shape index (κ3) is 2.64. The van der Waals surface area contributed by atoms with Crippen molar-refractivity contribution in [2.24, 2.45) is 0 Å². The Morgan fingerprint density at radius 3 is 3.12 bits per heavy atom. The highest BCUT2D eigenvalue weighted by molar-refractivity contribution is 6.29. The van der Waals surface area contributed by atoms with Gasteiger partial charge in [0.15, 0.2) is 0 Å². The summed E-state index contributed by atoms with van der Waals surface area (Å²) < 4.78 is 0. The number of rotatable bonds is 2. The first-order valence-corrected chi connectivity index (χ1v) is 5.67. The lowest BCUT2D eigenvalue weighted by atomic mass is 10.3. The molecule has 1 N–H and O–H groups in total. The second-order valence-electron chi connectivity index (χ2n) is 3.95. The van der Waals surface area contributed by atoms with Crippen LogP contribution in [0.15, 0.2) is 18.2 Å². The first-order chi connectivity index (χ1) is 7.65. The minimum Gasteiger partial charge on any atom is -0.354 e. The monoisotopic (exact) mass is 239 g/mol. The van der Waals surface area contributed by atoms with Crippen molar-refractivity contribution in [2.75, 3.05) is 18.0 Å². The summed E-state index contributed by atoms with van der Waals surface area (Å²) >= 11 is 5.84. The molecule has 86 valence electrons. The van der Waals surface area contributed by atoms with E-state index in [1.807, 2.05) is 12.1 Å². The zero-order valence-electron chi connectivity index (χ0n) is 9.11. The molecule has 0 spiro atoms. The minimum atomic E-state index is 0.0194. The molecule has 1 saturated heterocycles. The molecule has 1 fully saturated rings. The van der Waals surface area contributed by atoms with Crippen LogP contribution in [0.3, 0.4) is 0 Å². The molecule has 5 heteroatoms. The van der Waals surface area contributed by atoms with Crippen molar-refractivity contribution in [1.82, 2.24) is 10.3 Å². The van der Waals surface area contributed by atoms with Crippen molar-refractivity contribution in [3.8, 4) is 0 Å². The Bertz CT molecular complexity index is 397. The van der Waals surface area contributed by atoms with E-state index in [1.165, 1.54) is 0 Å². The Morgan fingerprint density at radius 2 is 2.44 bits per heavy atom. The fraction of sp³-hybridized carbons (Fsp3) is 0.455. The quantitative estimate of drug-likeness (QED) is 0.795. The van der Waals surface area contributed by atoms with E-state index in [0.29, 0.717) is 5.15 Å². The van der Waals surface area contributed by atoms with Gasteiger partial charge < -0.3 is 10.2 Å². The zero-order valence-corrected chi connectivity index (χ0v) is 9.87. The molecule has 0 saturated carbocycles. The van der Waals surface area contributed by atoms with E-state index in [0.717, 1.165) is 25.3 Å². The summed E-state index contributed by atoms with van der Waals surface area (Å²) in [5.74, 6) is 0.895. The molecular weight excluding hydrogens is 226 g/mol. The maximum absolute atomic E-state index is 10.9. The molecule has 0 radical (unpaired) electrons. The van der Waals surface area contributed by atoms with Gasteiger partial charge in [0.05, 0.1) is 0 Å². The third-order valence-corrected chi connectivity index (χ3v) is 2.83. The average Bonchev–Trinajstić information content (AvgIpc) is 2.65. The number of amides is 1. The van der Waals surface area contributed by atoms with Crippen LogP contribution >= 0.6 is 11.6 Å². The lowest BCUT2D eigenvalue weighted by molar-refractivity contribution is -0.119. The molecule has 2 rings (SSSR count). The largest absolute Gasteiger partial charge is 0.354 e. The summed E-state index contributed by atoms with van der Waals surface area (Å²) in [6.45, 7) is 3.24. The van der Waals surface area contributed by atoms with Crippen LogP contribution in [0, 0.1) is 0 Å². The Morgan fingerprint density at radius 1 is 1.62 bits per heavy atom. The maximum atomic E-state index is 10.9. The average molecular weight is 240 g/mol. The van der Waals surface area contributed by atoms with Crippen LogP contribution < -0.4 is 10.2 Å². The lowest BCUT2D eigenvalue weighted by Crippen LogP contribution is -2.35. The minimum absolute atomic E-state index is 0.0194. The number of carbonyl (C=O) groups excluding carboxylic acids is 1. The van der Waals surface area contributed by atoms with Crippen molar-refractivity contribution in [1.29, 1.82) is 0 Å². The fourth-order valence-corrected chi connectivity index (χ4v) is 2.11. The topological polar surface area (TPSA) is 45.2 Å². The van der Waals surface area contributed by atoms with Crippen molar-refractivity contribution >= 4 is 23.3 Å². The van der Waals surface area contributed by atoms with E-state index in [-0.39, 0.29) is 11.9 Å². The second kappa shape index (κ2) is 4.70. The highest BCUT2D eigenvalue weighted by Crippen LogP contribution is 2.19. The summed E-state index contributed by atoms with van der Waals surface area (Å²) in [6.07, 6.45) is 0.952. The molecular formula is C11H14ClN3O. The van der Waals surface area contributed by atoms with Crippen molar-refractivity contribution in [2.45, 2.75) is 19.4 Å². The van der Waals surface area contributed by atoms with E-state index >= 15 is 0 Å². The standard InChI is InChI=1S/C11H14ClN3O/c1-8(16)13-9-5-6-15(7-9)11-4-2-3-10(12)14-11/h2-4,9H,5-7H2,1H3,(H,13,16). The molecule has 1 aliphatic rings. The number of carbonyl (C=O) groups is 1. The van der Waals surface area contributed by atoms with Crippen LogP contribution in [0.1, 0.15) is 13.3 Å². The summed E-state index contributed by atoms with van der Waals surface area (Å²) in [4.78, 5) is 17.3. The summed E-state index contributed by atoms with van der Waals surface area (Å²) in [7, 11) is 0. The Hall–Kier alpha value is -1.29. The summed E-state index contributed by atoms with van der Waals surface area (Å²) in [5.41, 5.74) is 0. The van der Waals surface area contributed by atoms with E-state index in [2.05, 4.69) is 15.2 Å². The molecule has 1 unspecified atom stereocenters. The first-order valence-electron chi connectivity index (χ1n) is 5.30. The number of hydrogen-bond acceptors (Lipinski definition) is 3. The van der Waals surface area contributed by atoms with Gasteiger partial charge in [-0.1, -0.05) is 17.7 Å². The number of halogens is 1. The number of nitrogens with one attached hydrogen (secondary N) is 1. The molecule has 4 nitrogen and oxygen atoms in total. The third-order valence-electron chi connectivity index (χ3n) is 2.62. The molecule has 1 aliphatic heterocycles. The number of hydrogen-bond donors (Lipinski definition) is 1. The SMILES string of the molecule is CC(=O)NC1CCN(c2cccc(Cl)n2)C1. The first kappa shape index (κ1) is 11.2. The smallest absolute Gasteiger partial charge is 0.217 e. The van der Waals surface area contributed by atoms with Gasteiger partial charge >= 0.3 is 0 Å². The van der Waals surface area contributed by atoms with Crippen molar-refractivity contribution < 1.29 is 4.79 Å². The fourth-order valence-electron chi connectivity index (χ4n) is 1.95. The Labute approximate surface area is 99.6 Å². The molecule has 2 heterocycles. The summed E-state index contributed by atoms with van der Waals surface area (Å²) in [6, 6.07) is 5.79. The van der Waals surface area contributed by atoms with Gasteiger partial charge in [-0.25, -0.2) is 4.98 Å². The van der Waals surface area contributed by atoms with Crippen LogP contribution in [-0.4, -0.2) is 30.0 Å². The molecule has 1 aromatic rings. The highest BCUT2D eigenvalue weighted by Gasteiger charge is 2.23. The van der Waals surface area contributed by atoms with Gasteiger partial charge in [-0.3, -0.25) is 4.79 Å². The highest BCUT2D eigenvalue weighted by atomic mass is 35.5. The van der Waals surface area contributed by atoms with Gasteiger partial charge in [0.25, 0.3) is 0 Å². The number of pyridine rings is 1. The van der Waals surface area contributed by atoms with E-state index in [9.17, 15) is 4.79 Å². The molecule has 1 atom stereocenters. The van der Waals surface area contributed by atoms with Crippen LogP contribution in [-0.2, 0) is 4.79 Å². The second-order valence-corrected chi connectivity index (χ2v) is 4.34. The number of nitrogens with zero attached hydrogens (tertiary/aromatic N) is 2. The molecule has 0 aromatic carbocycles. The van der Waals surface area contributed by atoms with Gasteiger partial charge in [-0.05, 0) is 18.6 Å². The van der Waals surface area contributed by atoms with E-state index in [1.54, 1.807) is 13.0 Å². The molecule has 0 bridgehead atoms. The zero-order chi connectivity index (χ0) is 11.5. The van der Waals surface area contributed by atoms with Gasteiger partial charge in [-0.2, -0.15) is 0 Å². The molecule has 1 aromatic heterocycles. The summed E-state index contributed by atoms with van der Waals surface area (Å²) in [5, 5.41) is 3.42. The van der Waals surface area contributed by atoms with Gasteiger partial charge in [0, 0.05) is 26.1 Å². The van der Waals surface area contributed by atoms with Crippen molar-refractivity contribution in [3.05, 3.63) is 23.4 Å². The van der Waals surface area contributed by atoms with Crippen LogP contribution in [0.4, 0.5) is 5.82 Å². The maximum Gasteiger partial charge on any atom is 0.217 e. The van der Waals surface area contributed by atoms with Crippen LogP contribution in [0.5, 0.6) is 0 Å². The lowest BCUT2D eigenvalue weighted by Gasteiger charge is -2.17. The molecule has 1 amide bonds. The number of aromatic nitrogens is 1. The normalized spacial score (nSPS) is 19.9. The van der Waals surface area contributed by atoms with Crippen LogP contribution in [0.25, 0.3) is 0 Å². The van der Waals surface area contributed by atoms with E-state index in [4.69, 9.17) is 11.6 Å².